The highest BCUT2D eigenvalue weighted by Crippen LogP contribution is 2.31. The predicted octanol–water partition coefficient (Wildman–Crippen LogP) is 5.36. The maximum Gasteiger partial charge on any atom is 0.416 e. The molecule has 1 aromatic carbocycles. The normalized spacial score (nSPS) is 12.8. The number of thiazole rings is 1. The van der Waals surface area contributed by atoms with Gasteiger partial charge in [0.2, 0.25) is 0 Å². The molecule has 0 aliphatic carbocycles. The summed E-state index contributed by atoms with van der Waals surface area (Å²) >= 11 is 1.30. The van der Waals surface area contributed by atoms with Gasteiger partial charge in [0.25, 0.3) is 5.91 Å². The van der Waals surface area contributed by atoms with Crippen LogP contribution in [0, 0.1) is 0 Å². The SMILES string of the molecule is CCC(NC(=O)c1csc2nc(-c3ccc(C(F)(F)F)cc3)cn12)c1ccncc1. The molecule has 5 nitrogen and oxygen atoms in total. The molecule has 0 radical (unpaired) electrons. The van der Waals surface area contributed by atoms with Crippen LogP contribution in [0.25, 0.3) is 16.2 Å². The van der Waals surface area contributed by atoms with Crippen molar-refractivity contribution in [2.24, 2.45) is 0 Å². The van der Waals surface area contributed by atoms with Gasteiger partial charge in [-0.15, -0.1) is 11.3 Å². The van der Waals surface area contributed by atoms with Crippen molar-refractivity contribution >= 4 is 22.2 Å². The fourth-order valence-electron chi connectivity index (χ4n) is 3.17. The number of carbonyl (C=O) groups is 1. The average Bonchev–Trinajstić information content (AvgIpc) is 3.33. The minimum atomic E-state index is -4.39. The number of rotatable bonds is 5. The molecule has 1 amide bonds. The molecular weight excluding hydrogens is 413 g/mol. The van der Waals surface area contributed by atoms with Crippen molar-refractivity contribution in [2.75, 3.05) is 0 Å². The summed E-state index contributed by atoms with van der Waals surface area (Å²) in [4.78, 5) is 21.9. The van der Waals surface area contributed by atoms with E-state index in [2.05, 4.69) is 15.3 Å². The zero-order valence-electron chi connectivity index (χ0n) is 15.8. The molecule has 154 valence electrons. The molecular formula is C21H17F3N4OS. The maximum atomic E-state index is 12.9. The fourth-order valence-corrected chi connectivity index (χ4v) is 4.02. The van der Waals surface area contributed by atoms with Crippen LogP contribution in [0.2, 0.25) is 0 Å². The lowest BCUT2D eigenvalue weighted by Gasteiger charge is -2.16. The van der Waals surface area contributed by atoms with Gasteiger partial charge in [-0.05, 0) is 36.2 Å². The van der Waals surface area contributed by atoms with Crippen LogP contribution in [0.3, 0.4) is 0 Å². The van der Waals surface area contributed by atoms with Gasteiger partial charge in [0, 0.05) is 29.5 Å². The molecule has 0 aliphatic heterocycles. The quantitative estimate of drug-likeness (QED) is 0.464. The van der Waals surface area contributed by atoms with Gasteiger partial charge in [0.1, 0.15) is 5.69 Å². The van der Waals surface area contributed by atoms with Crippen molar-refractivity contribution in [3.63, 3.8) is 0 Å². The molecule has 0 bridgehead atoms. The van der Waals surface area contributed by atoms with E-state index >= 15 is 0 Å². The van der Waals surface area contributed by atoms with E-state index in [-0.39, 0.29) is 11.9 Å². The maximum absolute atomic E-state index is 12.9. The number of nitrogens with one attached hydrogen (secondary N) is 1. The van der Waals surface area contributed by atoms with E-state index in [4.69, 9.17) is 0 Å². The standard InChI is InChI=1S/C21H17F3N4OS/c1-2-16(14-7-9-25-10-8-14)26-19(29)18-12-30-20-27-17(11-28(18)20)13-3-5-15(6-4-13)21(22,23)24/h3-12,16H,2H2,1H3,(H,26,29). The van der Waals surface area contributed by atoms with Gasteiger partial charge in [0.05, 0.1) is 17.3 Å². The number of amides is 1. The summed E-state index contributed by atoms with van der Waals surface area (Å²) in [6.07, 6.45) is 1.35. The lowest BCUT2D eigenvalue weighted by Crippen LogP contribution is -2.29. The summed E-state index contributed by atoms with van der Waals surface area (Å²) in [5.74, 6) is -0.249. The van der Waals surface area contributed by atoms with Crippen molar-refractivity contribution in [1.82, 2.24) is 19.7 Å². The highest BCUT2D eigenvalue weighted by atomic mass is 32.1. The molecule has 0 saturated heterocycles. The zero-order chi connectivity index (χ0) is 21.3. The van der Waals surface area contributed by atoms with Gasteiger partial charge in [-0.25, -0.2) is 4.98 Å². The second-order valence-electron chi connectivity index (χ2n) is 6.69. The molecule has 1 atom stereocenters. The summed E-state index contributed by atoms with van der Waals surface area (Å²) in [6.45, 7) is 1.98. The van der Waals surface area contributed by atoms with Gasteiger partial charge >= 0.3 is 6.18 Å². The molecule has 9 heteroatoms. The van der Waals surface area contributed by atoms with Crippen LogP contribution in [0.15, 0.2) is 60.4 Å². The first kappa shape index (κ1) is 20.1. The van der Waals surface area contributed by atoms with Gasteiger partial charge in [-0.2, -0.15) is 13.2 Å². The van der Waals surface area contributed by atoms with Crippen LogP contribution in [0.5, 0.6) is 0 Å². The summed E-state index contributed by atoms with van der Waals surface area (Å²) in [5, 5.41) is 4.73. The number of nitrogens with zero attached hydrogens (tertiary/aromatic N) is 3. The molecule has 0 spiro atoms. The highest BCUT2D eigenvalue weighted by molar-refractivity contribution is 7.15. The lowest BCUT2D eigenvalue weighted by atomic mass is 10.1. The average molecular weight is 430 g/mol. The van der Waals surface area contributed by atoms with E-state index in [1.54, 1.807) is 28.4 Å². The Hall–Kier alpha value is -3.20. The third kappa shape index (κ3) is 3.93. The first-order valence-electron chi connectivity index (χ1n) is 9.22. The van der Waals surface area contributed by atoms with E-state index < -0.39 is 11.7 Å². The first-order valence-corrected chi connectivity index (χ1v) is 10.1. The molecule has 3 aromatic heterocycles. The second kappa shape index (κ2) is 7.91. The monoisotopic (exact) mass is 430 g/mol. The molecule has 4 aromatic rings. The van der Waals surface area contributed by atoms with Crippen LogP contribution in [0.4, 0.5) is 13.2 Å². The molecule has 0 aliphatic rings. The van der Waals surface area contributed by atoms with Crippen molar-refractivity contribution < 1.29 is 18.0 Å². The Balaban J connectivity index is 1.59. The Kier molecular flexibility index (Phi) is 5.29. The van der Waals surface area contributed by atoms with Gasteiger partial charge in [-0.3, -0.25) is 14.2 Å². The van der Waals surface area contributed by atoms with Gasteiger partial charge in [-0.1, -0.05) is 19.1 Å². The molecule has 0 saturated carbocycles. The number of fused-ring (bicyclic) bond motifs is 1. The first-order chi connectivity index (χ1) is 14.4. The third-order valence-electron chi connectivity index (χ3n) is 4.77. The Morgan fingerprint density at radius 3 is 2.50 bits per heavy atom. The minimum Gasteiger partial charge on any atom is -0.344 e. The fraction of sp³-hybridized carbons (Fsp3) is 0.190. The van der Waals surface area contributed by atoms with Crippen molar-refractivity contribution in [1.29, 1.82) is 0 Å². The van der Waals surface area contributed by atoms with Crippen LogP contribution in [-0.2, 0) is 6.18 Å². The van der Waals surface area contributed by atoms with Crippen molar-refractivity contribution in [3.8, 4) is 11.3 Å². The van der Waals surface area contributed by atoms with Crippen LogP contribution in [0.1, 0.15) is 41.0 Å². The zero-order valence-corrected chi connectivity index (χ0v) is 16.7. The van der Waals surface area contributed by atoms with E-state index in [9.17, 15) is 18.0 Å². The van der Waals surface area contributed by atoms with Crippen LogP contribution < -0.4 is 5.32 Å². The number of carbonyl (C=O) groups excluding carboxylic acids is 1. The molecule has 1 N–H and O–H groups in total. The Labute approximate surface area is 174 Å². The number of benzene rings is 1. The number of aromatic nitrogens is 3. The van der Waals surface area contributed by atoms with E-state index in [1.165, 1.54) is 23.5 Å². The largest absolute Gasteiger partial charge is 0.416 e. The molecule has 4 rings (SSSR count). The number of imidazole rings is 1. The van der Waals surface area contributed by atoms with Crippen LogP contribution >= 0.6 is 11.3 Å². The topological polar surface area (TPSA) is 59.3 Å². The predicted molar refractivity (Wildman–Crippen MR) is 108 cm³/mol. The summed E-state index contributed by atoms with van der Waals surface area (Å²) in [6, 6.07) is 8.37. The molecule has 0 fully saturated rings. The number of hydrogen-bond donors (Lipinski definition) is 1. The summed E-state index contributed by atoms with van der Waals surface area (Å²) in [5.41, 5.74) is 1.73. The van der Waals surface area contributed by atoms with Gasteiger partial charge in [0.15, 0.2) is 4.96 Å². The molecule has 1 unspecified atom stereocenters. The minimum absolute atomic E-state index is 0.159. The number of hydrogen-bond acceptors (Lipinski definition) is 4. The Morgan fingerprint density at radius 2 is 1.87 bits per heavy atom. The van der Waals surface area contributed by atoms with Crippen molar-refractivity contribution in [2.45, 2.75) is 25.6 Å². The van der Waals surface area contributed by atoms with Gasteiger partial charge < -0.3 is 5.32 Å². The lowest BCUT2D eigenvalue weighted by molar-refractivity contribution is -0.137. The Morgan fingerprint density at radius 1 is 1.17 bits per heavy atom. The van der Waals surface area contributed by atoms with Crippen LogP contribution in [-0.4, -0.2) is 20.3 Å². The number of pyridine rings is 1. The van der Waals surface area contributed by atoms with E-state index in [0.29, 0.717) is 28.3 Å². The number of alkyl halides is 3. The summed E-state index contributed by atoms with van der Waals surface area (Å²) in [7, 11) is 0. The third-order valence-corrected chi connectivity index (χ3v) is 5.61. The van der Waals surface area contributed by atoms with E-state index in [1.807, 2.05) is 19.1 Å². The second-order valence-corrected chi connectivity index (χ2v) is 7.53. The molecule has 3 heterocycles. The Bertz CT molecular complexity index is 1170. The van der Waals surface area contributed by atoms with Crippen molar-refractivity contribution in [3.05, 3.63) is 77.2 Å². The molecule has 30 heavy (non-hydrogen) atoms. The summed E-state index contributed by atoms with van der Waals surface area (Å²) < 4.78 is 40.0. The number of halogens is 3. The highest BCUT2D eigenvalue weighted by Gasteiger charge is 2.30. The smallest absolute Gasteiger partial charge is 0.344 e. The van der Waals surface area contributed by atoms with E-state index in [0.717, 1.165) is 17.7 Å².